The van der Waals surface area contributed by atoms with Gasteiger partial charge in [0.25, 0.3) is 5.92 Å². The normalized spacial score (nSPS) is 11.6. The molecule has 1 heterocycles. The van der Waals surface area contributed by atoms with E-state index in [2.05, 4.69) is 5.10 Å². The van der Waals surface area contributed by atoms with Crippen LogP contribution in [0.25, 0.3) is 11.3 Å². The molecule has 0 unspecified atom stereocenters. The second-order valence-electron chi connectivity index (χ2n) is 4.31. The average molecular weight is 266 g/mol. The molecule has 0 amide bonds. The van der Waals surface area contributed by atoms with E-state index in [0.717, 1.165) is 6.92 Å². The molecule has 19 heavy (non-hydrogen) atoms. The fourth-order valence-electron chi connectivity index (χ4n) is 1.79. The highest BCUT2D eigenvalue weighted by molar-refractivity contribution is 5.87. The summed E-state index contributed by atoms with van der Waals surface area (Å²) >= 11 is 0. The summed E-state index contributed by atoms with van der Waals surface area (Å²) < 4.78 is 27.9. The number of nitrogens with zero attached hydrogens (tertiary/aromatic N) is 2. The number of alkyl halides is 2. The minimum absolute atomic E-state index is 0.119. The number of carboxylic acids is 1. The summed E-state index contributed by atoms with van der Waals surface area (Å²) in [6, 6.07) is 7.17. The van der Waals surface area contributed by atoms with Crippen molar-refractivity contribution >= 4 is 5.97 Å². The van der Waals surface area contributed by atoms with Crippen LogP contribution in [0.5, 0.6) is 0 Å². The van der Waals surface area contributed by atoms with E-state index < -0.39 is 11.9 Å². The third-order valence-corrected chi connectivity index (χ3v) is 2.76. The third-order valence-electron chi connectivity index (χ3n) is 2.76. The van der Waals surface area contributed by atoms with Crippen LogP contribution in [0.2, 0.25) is 0 Å². The Hall–Kier alpha value is -2.24. The Morgan fingerprint density at radius 3 is 2.58 bits per heavy atom. The summed E-state index contributed by atoms with van der Waals surface area (Å²) in [6.07, 6.45) is 0. The SMILES string of the molecule is Cn1nc(C(=O)O)cc1-c1cccc(C(C)(F)F)c1. The van der Waals surface area contributed by atoms with Crippen LogP contribution < -0.4 is 0 Å². The Morgan fingerprint density at radius 2 is 2.05 bits per heavy atom. The van der Waals surface area contributed by atoms with E-state index in [-0.39, 0.29) is 11.3 Å². The highest BCUT2D eigenvalue weighted by Crippen LogP contribution is 2.30. The maximum atomic E-state index is 13.3. The van der Waals surface area contributed by atoms with Crippen LogP contribution in [0.15, 0.2) is 30.3 Å². The van der Waals surface area contributed by atoms with Gasteiger partial charge < -0.3 is 5.11 Å². The van der Waals surface area contributed by atoms with Gasteiger partial charge in [0.05, 0.1) is 5.69 Å². The molecule has 6 heteroatoms. The summed E-state index contributed by atoms with van der Waals surface area (Å²) in [5.74, 6) is -4.09. The maximum Gasteiger partial charge on any atom is 0.356 e. The van der Waals surface area contributed by atoms with Gasteiger partial charge in [0.2, 0.25) is 0 Å². The molecule has 100 valence electrons. The van der Waals surface area contributed by atoms with Crippen molar-refractivity contribution in [3.63, 3.8) is 0 Å². The molecule has 0 radical (unpaired) electrons. The van der Waals surface area contributed by atoms with Crippen LogP contribution in [-0.4, -0.2) is 20.9 Å². The lowest BCUT2D eigenvalue weighted by Crippen LogP contribution is -2.07. The van der Waals surface area contributed by atoms with E-state index in [9.17, 15) is 13.6 Å². The number of aromatic carboxylic acids is 1. The molecular weight excluding hydrogens is 254 g/mol. The molecule has 1 aromatic heterocycles. The summed E-state index contributed by atoms with van der Waals surface area (Å²) in [6.45, 7) is 0.817. The van der Waals surface area contributed by atoms with Gasteiger partial charge in [-0.1, -0.05) is 18.2 Å². The molecule has 0 bridgehead atoms. The number of benzene rings is 1. The quantitative estimate of drug-likeness (QED) is 0.929. The van der Waals surface area contributed by atoms with Crippen molar-refractivity contribution in [2.24, 2.45) is 7.05 Å². The van der Waals surface area contributed by atoms with Crippen molar-refractivity contribution in [2.45, 2.75) is 12.8 Å². The maximum absolute atomic E-state index is 13.3. The monoisotopic (exact) mass is 266 g/mol. The first kappa shape index (κ1) is 13.2. The van der Waals surface area contributed by atoms with Crippen molar-refractivity contribution < 1.29 is 18.7 Å². The first-order valence-corrected chi connectivity index (χ1v) is 5.55. The summed E-state index contributed by atoms with van der Waals surface area (Å²) in [5.41, 5.74) is 0.735. The van der Waals surface area contributed by atoms with Crippen molar-refractivity contribution in [1.82, 2.24) is 9.78 Å². The van der Waals surface area contributed by atoms with Crippen molar-refractivity contribution in [1.29, 1.82) is 0 Å². The van der Waals surface area contributed by atoms with Crippen LogP contribution in [0.4, 0.5) is 8.78 Å². The molecule has 1 N–H and O–H groups in total. The molecule has 0 aliphatic rings. The zero-order valence-electron chi connectivity index (χ0n) is 10.4. The van der Waals surface area contributed by atoms with E-state index in [1.807, 2.05) is 0 Å². The van der Waals surface area contributed by atoms with Gasteiger partial charge >= 0.3 is 5.97 Å². The van der Waals surface area contributed by atoms with Gasteiger partial charge in [-0.05, 0) is 12.1 Å². The molecular formula is C13H12F2N2O2. The van der Waals surface area contributed by atoms with E-state index in [4.69, 9.17) is 5.11 Å². The zero-order chi connectivity index (χ0) is 14.2. The number of aromatic nitrogens is 2. The fourth-order valence-corrected chi connectivity index (χ4v) is 1.79. The predicted octanol–water partition coefficient (Wildman–Crippen LogP) is 2.90. The molecule has 2 aromatic rings. The number of aryl methyl sites for hydroxylation is 1. The van der Waals surface area contributed by atoms with E-state index in [1.165, 1.54) is 28.9 Å². The number of hydrogen-bond acceptors (Lipinski definition) is 2. The summed E-state index contributed by atoms with van der Waals surface area (Å²) in [4.78, 5) is 10.8. The molecule has 0 aliphatic heterocycles. The van der Waals surface area contributed by atoms with Crippen LogP contribution in [-0.2, 0) is 13.0 Å². The average Bonchev–Trinajstić information content (AvgIpc) is 2.71. The molecule has 1 aromatic carbocycles. The molecule has 0 saturated carbocycles. The van der Waals surface area contributed by atoms with Crippen molar-refractivity contribution in [2.75, 3.05) is 0 Å². The lowest BCUT2D eigenvalue weighted by Gasteiger charge is -2.11. The minimum Gasteiger partial charge on any atom is -0.476 e. The Bertz CT molecular complexity index is 630. The van der Waals surface area contributed by atoms with Crippen molar-refractivity contribution in [3.05, 3.63) is 41.6 Å². The van der Waals surface area contributed by atoms with Crippen molar-refractivity contribution in [3.8, 4) is 11.3 Å². The van der Waals surface area contributed by atoms with Gasteiger partial charge in [0, 0.05) is 25.1 Å². The van der Waals surface area contributed by atoms with Crippen LogP contribution in [0.1, 0.15) is 23.0 Å². The second kappa shape index (κ2) is 4.46. The van der Waals surface area contributed by atoms with Crippen LogP contribution >= 0.6 is 0 Å². The Labute approximate surface area is 108 Å². The highest BCUT2D eigenvalue weighted by Gasteiger charge is 2.24. The number of hydrogen-bond donors (Lipinski definition) is 1. The molecule has 0 fully saturated rings. The lowest BCUT2D eigenvalue weighted by molar-refractivity contribution is 0.0175. The Balaban J connectivity index is 2.50. The fraction of sp³-hybridized carbons (Fsp3) is 0.231. The second-order valence-corrected chi connectivity index (χ2v) is 4.31. The smallest absolute Gasteiger partial charge is 0.356 e. The van der Waals surface area contributed by atoms with Crippen LogP contribution in [0.3, 0.4) is 0 Å². The number of rotatable bonds is 3. The zero-order valence-corrected chi connectivity index (χ0v) is 10.4. The summed E-state index contributed by atoms with van der Waals surface area (Å²) in [7, 11) is 1.57. The van der Waals surface area contributed by atoms with Crippen LogP contribution in [0, 0.1) is 0 Å². The topological polar surface area (TPSA) is 55.1 Å². The van der Waals surface area contributed by atoms with Gasteiger partial charge in [0.15, 0.2) is 5.69 Å². The van der Waals surface area contributed by atoms with E-state index in [1.54, 1.807) is 13.1 Å². The molecule has 0 spiro atoms. The van der Waals surface area contributed by atoms with Gasteiger partial charge in [-0.15, -0.1) is 0 Å². The Morgan fingerprint density at radius 1 is 1.37 bits per heavy atom. The first-order valence-electron chi connectivity index (χ1n) is 5.55. The molecule has 4 nitrogen and oxygen atoms in total. The van der Waals surface area contributed by atoms with Gasteiger partial charge in [-0.2, -0.15) is 5.10 Å². The van der Waals surface area contributed by atoms with Gasteiger partial charge in [-0.3, -0.25) is 4.68 Å². The van der Waals surface area contributed by atoms with Gasteiger partial charge in [0.1, 0.15) is 0 Å². The highest BCUT2D eigenvalue weighted by atomic mass is 19.3. The first-order chi connectivity index (χ1) is 8.79. The standard InChI is InChI=1S/C13H12F2N2O2/c1-13(14,15)9-5-3-4-8(6-9)11-7-10(12(18)19)16-17(11)2/h3-7H,1-2H3,(H,18,19). The Kier molecular flexibility index (Phi) is 3.09. The predicted molar refractivity (Wildman–Crippen MR) is 65.2 cm³/mol. The third kappa shape index (κ3) is 2.62. The van der Waals surface area contributed by atoms with E-state index in [0.29, 0.717) is 11.3 Å². The molecule has 0 aliphatic carbocycles. The molecule has 0 atom stereocenters. The minimum atomic E-state index is -2.94. The lowest BCUT2D eigenvalue weighted by atomic mass is 10.0. The number of carboxylic acid groups (broad SMARTS) is 1. The van der Waals surface area contributed by atoms with E-state index >= 15 is 0 Å². The largest absolute Gasteiger partial charge is 0.476 e. The number of carbonyl (C=O) groups is 1. The summed E-state index contributed by atoms with van der Waals surface area (Å²) in [5, 5.41) is 12.7. The number of halogens is 2. The molecule has 0 saturated heterocycles. The van der Waals surface area contributed by atoms with Gasteiger partial charge in [-0.25, -0.2) is 13.6 Å². The molecule has 2 rings (SSSR count).